The third-order valence-corrected chi connectivity index (χ3v) is 2.99. The predicted octanol–water partition coefficient (Wildman–Crippen LogP) is 1.62. The van der Waals surface area contributed by atoms with Gasteiger partial charge in [0.05, 0.1) is 11.3 Å². The number of hydrogen-bond acceptors (Lipinski definition) is 5. The first-order chi connectivity index (χ1) is 10.3. The summed E-state index contributed by atoms with van der Waals surface area (Å²) >= 11 is 0. The van der Waals surface area contributed by atoms with Gasteiger partial charge in [0.1, 0.15) is 12.1 Å². The molecule has 0 saturated carbocycles. The molecule has 0 bridgehead atoms. The van der Waals surface area contributed by atoms with E-state index < -0.39 is 0 Å². The standard InChI is InChI=1S/C14H12N6O/c1-10-5-4-8-15-13(10)17-14(21)11-6-2-3-7-12(11)20-9-16-18-19-20/h2-9H,1H3,(H,15,17,21). The summed E-state index contributed by atoms with van der Waals surface area (Å²) in [5.41, 5.74) is 1.97. The average molecular weight is 280 g/mol. The van der Waals surface area contributed by atoms with Crippen molar-refractivity contribution < 1.29 is 4.79 Å². The van der Waals surface area contributed by atoms with Crippen molar-refractivity contribution in [3.8, 4) is 5.69 Å². The first-order valence-electron chi connectivity index (χ1n) is 6.31. The van der Waals surface area contributed by atoms with E-state index in [1.165, 1.54) is 11.0 Å². The predicted molar refractivity (Wildman–Crippen MR) is 76.1 cm³/mol. The summed E-state index contributed by atoms with van der Waals surface area (Å²) in [5.74, 6) is 0.275. The van der Waals surface area contributed by atoms with Crippen LogP contribution in [0.1, 0.15) is 15.9 Å². The first-order valence-corrected chi connectivity index (χ1v) is 6.31. The van der Waals surface area contributed by atoms with Gasteiger partial charge in [0, 0.05) is 6.20 Å². The number of pyridine rings is 1. The van der Waals surface area contributed by atoms with Crippen molar-refractivity contribution in [3.63, 3.8) is 0 Å². The number of nitrogens with zero attached hydrogens (tertiary/aromatic N) is 5. The van der Waals surface area contributed by atoms with Crippen LogP contribution in [0.5, 0.6) is 0 Å². The van der Waals surface area contributed by atoms with Gasteiger partial charge in [-0.15, -0.1) is 5.10 Å². The van der Waals surface area contributed by atoms with Crippen molar-refractivity contribution in [3.05, 3.63) is 60.0 Å². The molecule has 0 atom stereocenters. The Labute approximate surface area is 120 Å². The number of hydrogen-bond donors (Lipinski definition) is 1. The molecule has 2 aromatic heterocycles. The fourth-order valence-corrected chi connectivity index (χ4v) is 1.93. The molecule has 0 unspecified atom stereocenters. The van der Waals surface area contributed by atoms with Gasteiger partial charge in [0.2, 0.25) is 0 Å². The summed E-state index contributed by atoms with van der Waals surface area (Å²) in [6.07, 6.45) is 3.08. The van der Waals surface area contributed by atoms with Crippen molar-refractivity contribution in [1.29, 1.82) is 0 Å². The van der Waals surface area contributed by atoms with E-state index in [-0.39, 0.29) is 5.91 Å². The topological polar surface area (TPSA) is 85.6 Å². The van der Waals surface area contributed by atoms with Gasteiger partial charge in [-0.2, -0.15) is 4.68 Å². The molecule has 3 aromatic rings. The zero-order valence-electron chi connectivity index (χ0n) is 11.3. The number of carbonyl (C=O) groups is 1. The van der Waals surface area contributed by atoms with Crippen LogP contribution < -0.4 is 5.32 Å². The van der Waals surface area contributed by atoms with E-state index in [1.54, 1.807) is 24.4 Å². The second kappa shape index (κ2) is 5.49. The Kier molecular flexibility index (Phi) is 3.38. The zero-order valence-corrected chi connectivity index (χ0v) is 11.3. The zero-order chi connectivity index (χ0) is 14.7. The number of nitrogens with one attached hydrogen (secondary N) is 1. The lowest BCUT2D eigenvalue weighted by molar-refractivity contribution is 0.102. The Hall–Kier alpha value is -3.09. The Balaban J connectivity index is 1.94. The number of anilines is 1. The molecule has 0 spiro atoms. The number of rotatable bonds is 3. The van der Waals surface area contributed by atoms with E-state index in [9.17, 15) is 4.79 Å². The molecule has 0 saturated heterocycles. The van der Waals surface area contributed by atoms with Crippen LogP contribution in [0.4, 0.5) is 5.82 Å². The molecule has 2 heterocycles. The van der Waals surface area contributed by atoms with Gasteiger partial charge >= 0.3 is 0 Å². The average Bonchev–Trinajstić information content (AvgIpc) is 3.04. The Morgan fingerprint density at radius 3 is 2.81 bits per heavy atom. The molecule has 104 valence electrons. The van der Waals surface area contributed by atoms with Gasteiger partial charge in [0.15, 0.2) is 0 Å². The lowest BCUT2D eigenvalue weighted by Crippen LogP contribution is -2.16. The fraction of sp³-hybridized carbons (Fsp3) is 0.0714. The van der Waals surface area contributed by atoms with Crippen LogP contribution in [-0.4, -0.2) is 31.1 Å². The number of para-hydroxylation sites is 1. The van der Waals surface area contributed by atoms with Gasteiger partial charge in [-0.05, 0) is 41.1 Å². The maximum absolute atomic E-state index is 12.4. The molecule has 0 fully saturated rings. The van der Waals surface area contributed by atoms with E-state index in [2.05, 4.69) is 25.8 Å². The molecule has 0 radical (unpaired) electrons. The Morgan fingerprint density at radius 1 is 1.19 bits per heavy atom. The van der Waals surface area contributed by atoms with E-state index >= 15 is 0 Å². The summed E-state index contributed by atoms with van der Waals surface area (Å²) in [6, 6.07) is 10.8. The molecule has 1 N–H and O–H groups in total. The summed E-state index contributed by atoms with van der Waals surface area (Å²) < 4.78 is 1.44. The lowest BCUT2D eigenvalue weighted by atomic mass is 10.1. The van der Waals surface area contributed by atoms with Crippen molar-refractivity contribution >= 4 is 11.7 Å². The molecular weight excluding hydrogens is 268 g/mol. The van der Waals surface area contributed by atoms with Gasteiger partial charge < -0.3 is 5.32 Å². The number of amides is 1. The molecule has 1 amide bonds. The summed E-state index contributed by atoms with van der Waals surface area (Å²) in [7, 11) is 0. The van der Waals surface area contributed by atoms with Crippen LogP contribution in [-0.2, 0) is 0 Å². The van der Waals surface area contributed by atoms with Crippen molar-refractivity contribution in [2.24, 2.45) is 0 Å². The number of tetrazole rings is 1. The molecule has 7 nitrogen and oxygen atoms in total. The van der Waals surface area contributed by atoms with Crippen LogP contribution in [0, 0.1) is 6.92 Å². The first kappa shape index (κ1) is 12.9. The molecule has 21 heavy (non-hydrogen) atoms. The maximum atomic E-state index is 12.4. The molecule has 0 aliphatic heterocycles. The molecule has 3 rings (SSSR count). The summed E-state index contributed by atoms with van der Waals surface area (Å²) in [5, 5.41) is 13.8. The number of benzene rings is 1. The summed E-state index contributed by atoms with van der Waals surface area (Å²) in [6.45, 7) is 1.88. The van der Waals surface area contributed by atoms with E-state index in [0.29, 0.717) is 17.1 Å². The van der Waals surface area contributed by atoms with E-state index in [1.807, 2.05) is 25.1 Å². The second-order valence-corrected chi connectivity index (χ2v) is 4.39. The van der Waals surface area contributed by atoms with Gasteiger partial charge in [-0.25, -0.2) is 4.98 Å². The smallest absolute Gasteiger partial charge is 0.259 e. The quantitative estimate of drug-likeness (QED) is 0.788. The highest BCUT2D eigenvalue weighted by atomic mass is 16.1. The van der Waals surface area contributed by atoms with Crippen LogP contribution in [0.3, 0.4) is 0 Å². The largest absolute Gasteiger partial charge is 0.306 e. The molecule has 7 heteroatoms. The highest BCUT2D eigenvalue weighted by Crippen LogP contribution is 2.16. The van der Waals surface area contributed by atoms with Crippen molar-refractivity contribution in [2.75, 3.05) is 5.32 Å². The molecule has 1 aromatic carbocycles. The highest BCUT2D eigenvalue weighted by molar-refractivity contribution is 6.06. The molecule has 0 aliphatic carbocycles. The number of aromatic nitrogens is 5. The van der Waals surface area contributed by atoms with E-state index in [0.717, 1.165) is 5.56 Å². The van der Waals surface area contributed by atoms with Crippen LogP contribution in [0.15, 0.2) is 48.9 Å². The van der Waals surface area contributed by atoms with Crippen molar-refractivity contribution in [1.82, 2.24) is 25.2 Å². The maximum Gasteiger partial charge on any atom is 0.259 e. The molecule has 0 aliphatic rings. The van der Waals surface area contributed by atoms with Crippen LogP contribution >= 0.6 is 0 Å². The van der Waals surface area contributed by atoms with Gasteiger partial charge in [-0.1, -0.05) is 18.2 Å². The fourth-order valence-electron chi connectivity index (χ4n) is 1.93. The Bertz CT molecular complexity index is 769. The number of aryl methyl sites for hydroxylation is 1. The molecular formula is C14H12N6O. The van der Waals surface area contributed by atoms with E-state index in [4.69, 9.17) is 0 Å². The second-order valence-electron chi connectivity index (χ2n) is 4.39. The van der Waals surface area contributed by atoms with Gasteiger partial charge in [0.25, 0.3) is 5.91 Å². The highest BCUT2D eigenvalue weighted by Gasteiger charge is 2.14. The van der Waals surface area contributed by atoms with Gasteiger partial charge in [-0.3, -0.25) is 4.79 Å². The minimum absolute atomic E-state index is 0.261. The third-order valence-electron chi connectivity index (χ3n) is 2.99. The Morgan fingerprint density at radius 2 is 2.05 bits per heavy atom. The normalized spacial score (nSPS) is 10.3. The van der Waals surface area contributed by atoms with Crippen LogP contribution in [0.25, 0.3) is 5.69 Å². The third kappa shape index (κ3) is 2.62. The monoisotopic (exact) mass is 280 g/mol. The SMILES string of the molecule is Cc1cccnc1NC(=O)c1ccccc1-n1cnnn1. The van der Waals surface area contributed by atoms with Crippen LogP contribution in [0.2, 0.25) is 0 Å². The summed E-state index contributed by atoms with van der Waals surface area (Å²) in [4.78, 5) is 16.6. The lowest BCUT2D eigenvalue weighted by Gasteiger charge is -2.10. The minimum Gasteiger partial charge on any atom is -0.306 e. The number of carbonyl (C=O) groups excluding carboxylic acids is 1. The van der Waals surface area contributed by atoms with Crippen molar-refractivity contribution in [2.45, 2.75) is 6.92 Å². The minimum atomic E-state index is -0.261.